The predicted molar refractivity (Wildman–Crippen MR) is 208 cm³/mol. The van der Waals surface area contributed by atoms with Gasteiger partial charge in [0.25, 0.3) is 0 Å². The van der Waals surface area contributed by atoms with Crippen LogP contribution in [0.1, 0.15) is 41.1 Å². The lowest BCUT2D eigenvalue weighted by molar-refractivity contribution is 0.670. The molecule has 0 amide bonds. The van der Waals surface area contributed by atoms with Crippen LogP contribution < -0.4 is 0 Å². The molecule has 0 saturated carbocycles. The zero-order chi connectivity index (χ0) is 58.4. The molecular weight excluding hydrogens is 593 g/mol. The van der Waals surface area contributed by atoms with Crippen LogP contribution in [0, 0.1) is 0 Å². The minimum atomic E-state index is -1.12. The first-order valence-electron chi connectivity index (χ1n) is 29.4. The summed E-state index contributed by atoms with van der Waals surface area (Å²) < 4.78 is 276. The normalized spacial score (nSPS) is 20.2. The van der Waals surface area contributed by atoms with E-state index in [1.165, 1.54) is 0 Å². The molecule has 0 aliphatic carbocycles. The zero-order valence-electron chi connectivity index (χ0n) is 54.4. The van der Waals surface area contributed by atoms with Crippen molar-refractivity contribution >= 4 is 54.3 Å². The minimum Gasteiger partial charge on any atom is -0.455 e. The van der Waals surface area contributed by atoms with E-state index in [0.29, 0.717) is 0 Å². The topological polar surface area (TPSA) is 13.1 Å². The van der Waals surface area contributed by atoms with Crippen LogP contribution in [0.25, 0.3) is 98.8 Å². The van der Waals surface area contributed by atoms with Crippen molar-refractivity contribution in [3.05, 3.63) is 181 Å². The lowest BCUT2D eigenvalue weighted by atomic mass is 9.84. The second-order valence-corrected chi connectivity index (χ2v) is 10.5. The van der Waals surface area contributed by atoms with E-state index in [1.54, 1.807) is 0 Å². The molecule has 0 N–H and O–H groups in total. The van der Waals surface area contributed by atoms with Crippen molar-refractivity contribution in [2.45, 2.75) is 0 Å². The van der Waals surface area contributed by atoms with Crippen LogP contribution in [0.2, 0.25) is 0 Å². The molecule has 0 bridgehead atoms. The molecule has 0 fully saturated rings. The average Bonchev–Trinajstić information content (AvgIpc) is 4.00. The van der Waals surface area contributed by atoms with Crippen LogP contribution in [0.5, 0.6) is 0 Å². The van der Waals surface area contributed by atoms with Crippen LogP contribution in [0.3, 0.4) is 0 Å². The van der Waals surface area contributed by atoms with Gasteiger partial charge in [0.2, 0.25) is 0 Å². The second kappa shape index (κ2) is 11.1. The Morgan fingerprint density at radius 1 is 0.347 bits per heavy atom. The van der Waals surface area contributed by atoms with Crippen LogP contribution in [-0.4, -0.2) is 0 Å². The molecule has 10 rings (SSSR count). The van der Waals surface area contributed by atoms with Gasteiger partial charge >= 0.3 is 0 Å². The van der Waals surface area contributed by atoms with Crippen molar-refractivity contribution in [1.29, 1.82) is 0 Å². The Morgan fingerprint density at radius 3 is 1.67 bits per heavy atom. The highest BCUT2D eigenvalue weighted by Gasteiger charge is 2.21. The van der Waals surface area contributed by atoms with Gasteiger partial charge in [-0.05, 0) is 89.4 Å². The highest BCUT2D eigenvalue weighted by molar-refractivity contribution is 6.26. The minimum absolute atomic E-state index is 0.588. The van der Waals surface area contributed by atoms with Crippen molar-refractivity contribution in [2.24, 2.45) is 0 Å². The highest BCUT2D eigenvalue weighted by atomic mass is 16.3. The Hall–Kier alpha value is -6.44. The third kappa shape index (κ3) is 4.40. The first-order chi connectivity index (χ1) is 36.8. The van der Waals surface area contributed by atoms with Gasteiger partial charge in [-0.2, -0.15) is 0 Å². The molecule has 9 aromatic carbocycles. The van der Waals surface area contributed by atoms with Crippen molar-refractivity contribution in [3.63, 3.8) is 0 Å². The Bertz CT molecular complexity index is 4490. The average molecular weight is 653 g/mol. The number of fused-ring (bicyclic) bond motifs is 6. The molecule has 1 heteroatoms. The number of hydrogen-bond acceptors (Lipinski definition) is 1. The summed E-state index contributed by atoms with van der Waals surface area (Å²) in [6, 6.07) is -29.3. The van der Waals surface area contributed by atoms with Gasteiger partial charge in [-0.1, -0.05) is 163 Å². The SMILES string of the molecule is [2H]c1c([2H])c([2H])c(-c2c([2H])c([2H])c([2H])c3c2oc2c([2H])c([2H])c([2H])c(-c4c5c([2H])c([2H])c([2H])c([2H])c5c(-c5c([2H])c([2H])c([2H])c(-c6c([2H])c([2H])c7c([2H])c([2H])c([2H])c([2H])c7c6[2H])c5[2H])c5c([2H])c([2H])c([2H])c([2H])c45)c23)c([2H])c1[2H]. The molecule has 0 unspecified atom stereocenters. The van der Waals surface area contributed by atoms with E-state index in [-0.39, 0.29) is 0 Å². The summed E-state index contributed by atoms with van der Waals surface area (Å²) in [5, 5.41) is -5.75. The van der Waals surface area contributed by atoms with Gasteiger partial charge in [0, 0.05) is 16.3 Å². The van der Waals surface area contributed by atoms with Gasteiger partial charge < -0.3 is 4.42 Å². The number of hydrogen-bond donors (Lipinski definition) is 0. The fourth-order valence-electron chi connectivity index (χ4n) is 5.84. The zero-order valence-corrected chi connectivity index (χ0v) is 24.4. The van der Waals surface area contributed by atoms with Crippen molar-refractivity contribution in [3.8, 4) is 44.5 Å². The Morgan fingerprint density at radius 2 is 0.898 bits per heavy atom. The molecule has 1 heterocycles. The second-order valence-electron chi connectivity index (χ2n) is 10.5. The van der Waals surface area contributed by atoms with Crippen molar-refractivity contribution in [2.75, 3.05) is 0 Å². The van der Waals surface area contributed by atoms with Gasteiger partial charge in [0.05, 0.1) is 41.1 Å². The molecule has 1 nitrogen and oxygen atoms in total. The Labute approximate surface area is 326 Å². The van der Waals surface area contributed by atoms with Crippen LogP contribution >= 0.6 is 0 Å². The van der Waals surface area contributed by atoms with Crippen molar-refractivity contribution in [1.82, 2.24) is 0 Å². The molecule has 0 atom stereocenters. The molecule has 228 valence electrons. The molecule has 1 aromatic heterocycles. The standard InChI is InChI=1S/C48H30O/c1-2-14-32(15-3-1)37-23-11-25-43-47-42(24-12-26-44(47)49-48(37)43)46-40-21-8-6-19-38(40)45(39-20-7-9-22-41(39)46)36-18-10-17-34(30-36)35-28-27-31-13-4-5-16-33(31)29-35/h1-30H/i1D,2D,3D,4D,5D,6D,7D,8D,9D,10D,11D,12D,13D,14D,15D,16D,17D,18D,19D,20D,21D,22D,23D,24D,25D,26D,27D,28D,29D,30D. The van der Waals surface area contributed by atoms with Gasteiger partial charge in [-0.3, -0.25) is 0 Å². The summed E-state index contributed by atoms with van der Waals surface area (Å²) in [4.78, 5) is 0. The van der Waals surface area contributed by atoms with E-state index in [0.717, 1.165) is 0 Å². The molecule has 10 aromatic rings. The van der Waals surface area contributed by atoms with Gasteiger partial charge in [-0.25, -0.2) is 0 Å². The van der Waals surface area contributed by atoms with E-state index in [4.69, 9.17) is 33.2 Å². The molecule has 0 aliphatic rings. The number of para-hydroxylation sites is 1. The smallest absolute Gasteiger partial charge is 0.143 e. The monoisotopic (exact) mass is 652 g/mol. The molecule has 0 aliphatic heterocycles. The van der Waals surface area contributed by atoms with Crippen molar-refractivity contribution < 1.29 is 45.5 Å². The maximum absolute atomic E-state index is 9.85. The molecule has 0 radical (unpaired) electrons. The summed E-state index contributed by atoms with van der Waals surface area (Å²) >= 11 is 0. The highest BCUT2D eigenvalue weighted by Crippen LogP contribution is 2.48. The summed E-state index contributed by atoms with van der Waals surface area (Å²) in [5.74, 6) is 0. The number of furan rings is 1. The predicted octanol–water partition coefficient (Wildman–Crippen LogP) is 13.7. The van der Waals surface area contributed by atoms with E-state index in [9.17, 15) is 12.3 Å². The molecule has 0 spiro atoms. The van der Waals surface area contributed by atoms with E-state index >= 15 is 0 Å². The first kappa shape index (κ1) is 11.1. The number of rotatable bonds is 4. The largest absolute Gasteiger partial charge is 0.455 e. The molecule has 49 heavy (non-hydrogen) atoms. The van der Waals surface area contributed by atoms with Gasteiger partial charge in [-0.15, -0.1) is 0 Å². The van der Waals surface area contributed by atoms with Crippen LogP contribution in [0.4, 0.5) is 0 Å². The molecule has 0 saturated heterocycles. The van der Waals surface area contributed by atoms with E-state index in [2.05, 4.69) is 0 Å². The Kier molecular flexibility index (Phi) is 2.50. The van der Waals surface area contributed by atoms with E-state index in [1.807, 2.05) is 0 Å². The first-order valence-corrected chi connectivity index (χ1v) is 14.4. The summed E-state index contributed by atoms with van der Waals surface area (Å²) in [5.41, 5.74) is -7.91. The number of benzene rings is 9. The van der Waals surface area contributed by atoms with Crippen LogP contribution in [0.15, 0.2) is 186 Å². The summed E-state index contributed by atoms with van der Waals surface area (Å²) in [7, 11) is 0. The summed E-state index contributed by atoms with van der Waals surface area (Å²) in [6.45, 7) is 0. The molecular formula is C48H30O. The van der Waals surface area contributed by atoms with Crippen LogP contribution in [-0.2, 0) is 0 Å². The quantitative estimate of drug-likeness (QED) is 0.172. The Balaban J connectivity index is 1.51. The fourth-order valence-corrected chi connectivity index (χ4v) is 5.84. The third-order valence-corrected chi connectivity index (χ3v) is 7.87. The maximum Gasteiger partial charge on any atom is 0.143 e. The third-order valence-electron chi connectivity index (χ3n) is 7.87. The fraction of sp³-hybridized carbons (Fsp3) is 0. The lowest BCUT2D eigenvalue weighted by Gasteiger charge is -2.18. The van der Waals surface area contributed by atoms with E-state index < -0.39 is 280 Å². The lowest BCUT2D eigenvalue weighted by Crippen LogP contribution is -1.91. The van der Waals surface area contributed by atoms with Gasteiger partial charge in [0.15, 0.2) is 0 Å². The summed E-state index contributed by atoms with van der Waals surface area (Å²) in [6.07, 6.45) is 0. The maximum atomic E-state index is 9.85. The van der Waals surface area contributed by atoms with Gasteiger partial charge in [0.1, 0.15) is 11.2 Å².